The molecule has 32 heavy (non-hydrogen) atoms. The van der Waals surface area contributed by atoms with Crippen LogP contribution in [-0.2, 0) is 6.54 Å². The third-order valence-corrected chi connectivity index (χ3v) is 6.70. The smallest absolute Gasteiger partial charge is 0.169 e. The molecule has 6 heteroatoms. The molecule has 3 aromatic rings. The Kier molecular flexibility index (Phi) is 7.55. The van der Waals surface area contributed by atoms with Crippen LogP contribution in [0.2, 0.25) is 0 Å². The lowest BCUT2D eigenvalue weighted by molar-refractivity contribution is 0.275. The van der Waals surface area contributed by atoms with Crippen LogP contribution < -0.4 is 5.32 Å². The second-order valence-corrected chi connectivity index (χ2v) is 8.87. The minimum atomic E-state index is 0.262. The Balaban J connectivity index is 1.36. The van der Waals surface area contributed by atoms with Crippen LogP contribution in [0.3, 0.4) is 0 Å². The van der Waals surface area contributed by atoms with Gasteiger partial charge in [-0.15, -0.1) is 0 Å². The van der Waals surface area contributed by atoms with Crippen LogP contribution in [0.25, 0.3) is 0 Å². The first-order chi connectivity index (χ1) is 15.6. The predicted octanol–water partition coefficient (Wildman–Crippen LogP) is 4.51. The summed E-state index contributed by atoms with van der Waals surface area (Å²) in [4.78, 5) is 4.79. The first-order valence-corrected chi connectivity index (χ1v) is 11.8. The third-order valence-electron chi connectivity index (χ3n) is 6.30. The molecule has 0 spiro atoms. The lowest BCUT2D eigenvalue weighted by Gasteiger charge is -2.27. The van der Waals surface area contributed by atoms with Gasteiger partial charge in [-0.3, -0.25) is 4.90 Å². The van der Waals surface area contributed by atoms with Gasteiger partial charge in [-0.2, -0.15) is 0 Å². The van der Waals surface area contributed by atoms with Gasteiger partial charge in [-0.1, -0.05) is 65.8 Å². The Bertz CT molecular complexity index is 946. The fourth-order valence-electron chi connectivity index (χ4n) is 4.38. The normalized spacial score (nSPS) is 15.0. The molecule has 0 radical (unpaired) electrons. The first kappa shape index (κ1) is 22.5. The number of aromatic nitrogens is 1. The molecule has 0 amide bonds. The Labute approximate surface area is 196 Å². The molecular weight excluding hydrogens is 416 g/mol. The van der Waals surface area contributed by atoms with Gasteiger partial charge in [0.25, 0.3) is 0 Å². The fourth-order valence-corrected chi connectivity index (χ4v) is 4.65. The minimum Gasteiger partial charge on any atom is -0.362 e. The van der Waals surface area contributed by atoms with Gasteiger partial charge in [0.2, 0.25) is 0 Å². The van der Waals surface area contributed by atoms with Crippen LogP contribution in [0.4, 0.5) is 0 Å². The van der Waals surface area contributed by atoms with E-state index in [1.54, 1.807) is 0 Å². The highest BCUT2D eigenvalue weighted by Gasteiger charge is 2.21. The zero-order valence-electron chi connectivity index (χ0n) is 19.0. The standard InChI is InChI=1S/C26H32N4OS/c1-20-25(21(2)31-28-20)19-29-14-9-15-30(17-16-29)26(32)27-18-24(22-10-5-3-6-11-22)23-12-7-4-8-13-23/h3-8,10-13,24H,9,14-19H2,1-2H3,(H,27,32). The monoisotopic (exact) mass is 448 g/mol. The van der Waals surface area contributed by atoms with Crippen molar-refractivity contribution in [1.82, 2.24) is 20.3 Å². The van der Waals surface area contributed by atoms with Crippen LogP contribution in [0.1, 0.15) is 40.5 Å². The van der Waals surface area contributed by atoms with Crippen molar-refractivity contribution in [2.45, 2.75) is 32.7 Å². The van der Waals surface area contributed by atoms with Crippen molar-refractivity contribution in [3.63, 3.8) is 0 Å². The number of rotatable bonds is 6. The molecule has 0 bridgehead atoms. The lowest BCUT2D eigenvalue weighted by Crippen LogP contribution is -2.43. The number of aryl methyl sites for hydroxylation is 2. The fraction of sp³-hybridized carbons (Fsp3) is 0.385. The molecule has 2 aromatic carbocycles. The van der Waals surface area contributed by atoms with E-state index in [2.05, 4.69) is 80.9 Å². The van der Waals surface area contributed by atoms with Gasteiger partial charge < -0.3 is 14.7 Å². The van der Waals surface area contributed by atoms with Crippen molar-refractivity contribution in [3.8, 4) is 0 Å². The van der Waals surface area contributed by atoms with Crippen molar-refractivity contribution in [1.29, 1.82) is 0 Å². The molecule has 1 aliphatic heterocycles. The highest BCUT2D eigenvalue weighted by Crippen LogP contribution is 2.24. The van der Waals surface area contributed by atoms with E-state index < -0.39 is 0 Å². The van der Waals surface area contributed by atoms with Gasteiger partial charge in [0.05, 0.1) is 5.69 Å². The largest absolute Gasteiger partial charge is 0.362 e. The molecule has 0 aliphatic carbocycles. The molecule has 2 heterocycles. The van der Waals surface area contributed by atoms with E-state index in [-0.39, 0.29) is 5.92 Å². The summed E-state index contributed by atoms with van der Waals surface area (Å²) < 4.78 is 5.34. The molecule has 1 saturated heterocycles. The number of thiocarbonyl (C=S) groups is 1. The van der Waals surface area contributed by atoms with Crippen molar-refractivity contribution < 1.29 is 4.52 Å². The van der Waals surface area contributed by atoms with Gasteiger partial charge in [0.15, 0.2) is 5.11 Å². The molecule has 1 aliphatic rings. The number of nitrogens with one attached hydrogen (secondary N) is 1. The second kappa shape index (κ2) is 10.7. The molecule has 0 unspecified atom stereocenters. The van der Waals surface area contributed by atoms with E-state index in [0.29, 0.717) is 0 Å². The maximum Gasteiger partial charge on any atom is 0.169 e. The quantitative estimate of drug-likeness (QED) is 0.560. The SMILES string of the molecule is Cc1noc(C)c1CN1CCCN(C(=S)NCC(c2ccccc2)c2ccccc2)CC1. The number of hydrogen-bond donors (Lipinski definition) is 1. The van der Waals surface area contributed by atoms with Crippen molar-refractivity contribution in [2.24, 2.45) is 0 Å². The second-order valence-electron chi connectivity index (χ2n) is 8.48. The van der Waals surface area contributed by atoms with Gasteiger partial charge in [-0.25, -0.2) is 0 Å². The molecule has 0 atom stereocenters. The summed E-state index contributed by atoms with van der Waals surface area (Å²) in [5.41, 5.74) is 4.81. The first-order valence-electron chi connectivity index (χ1n) is 11.4. The highest BCUT2D eigenvalue weighted by molar-refractivity contribution is 7.80. The molecule has 1 N–H and O–H groups in total. The van der Waals surface area contributed by atoms with E-state index in [9.17, 15) is 0 Å². The Morgan fingerprint density at radius 3 is 2.22 bits per heavy atom. The van der Waals surface area contributed by atoms with E-state index in [1.165, 1.54) is 16.7 Å². The summed E-state index contributed by atoms with van der Waals surface area (Å²) in [6, 6.07) is 21.3. The summed E-state index contributed by atoms with van der Waals surface area (Å²) in [5.74, 6) is 1.19. The van der Waals surface area contributed by atoms with Gasteiger partial charge in [0, 0.05) is 50.7 Å². The van der Waals surface area contributed by atoms with Crippen molar-refractivity contribution in [3.05, 3.63) is 88.8 Å². The molecule has 1 aromatic heterocycles. The topological polar surface area (TPSA) is 44.5 Å². The molecule has 0 saturated carbocycles. The van der Waals surface area contributed by atoms with E-state index in [1.807, 2.05) is 13.8 Å². The van der Waals surface area contributed by atoms with Gasteiger partial charge >= 0.3 is 0 Å². The van der Waals surface area contributed by atoms with Crippen molar-refractivity contribution in [2.75, 3.05) is 32.7 Å². The van der Waals surface area contributed by atoms with E-state index in [0.717, 1.165) is 62.3 Å². The maximum absolute atomic E-state index is 5.82. The van der Waals surface area contributed by atoms with Crippen molar-refractivity contribution >= 4 is 17.3 Å². The zero-order valence-corrected chi connectivity index (χ0v) is 19.8. The van der Waals surface area contributed by atoms with E-state index >= 15 is 0 Å². The Hall–Kier alpha value is -2.70. The van der Waals surface area contributed by atoms with Gasteiger partial charge in [-0.05, 0) is 43.6 Å². The minimum absolute atomic E-state index is 0.262. The third kappa shape index (κ3) is 5.56. The molecule has 5 nitrogen and oxygen atoms in total. The van der Waals surface area contributed by atoms with Crippen LogP contribution in [0.15, 0.2) is 65.2 Å². The average molecular weight is 449 g/mol. The summed E-state index contributed by atoms with van der Waals surface area (Å²) in [7, 11) is 0. The lowest BCUT2D eigenvalue weighted by atomic mass is 9.91. The zero-order chi connectivity index (χ0) is 22.3. The molecule has 1 fully saturated rings. The highest BCUT2D eigenvalue weighted by atomic mass is 32.1. The summed E-state index contributed by atoms with van der Waals surface area (Å²) in [5, 5.41) is 8.51. The molecule has 4 rings (SSSR count). The Morgan fingerprint density at radius 2 is 1.62 bits per heavy atom. The van der Waals surface area contributed by atoms with Crippen LogP contribution >= 0.6 is 12.2 Å². The summed E-state index contributed by atoms with van der Waals surface area (Å²) >= 11 is 5.82. The predicted molar refractivity (Wildman–Crippen MR) is 133 cm³/mol. The van der Waals surface area contributed by atoms with Crippen LogP contribution in [0.5, 0.6) is 0 Å². The number of hydrogen-bond acceptors (Lipinski definition) is 4. The van der Waals surface area contributed by atoms with Crippen LogP contribution in [0, 0.1) is 13.8 Å². The number of benzene rings is 2. The van der Waals surface area contributed by atoms with Gasteiger partial charge in [0.1, 0.15) is 5.76 Å². The van der Waals surface area contributed by atoms with Crippen LogP contribution in [-0.4, -0.2) is 52.8 Å². The molecular formula is C26H32N4OS. The van der Waals surface area contributed by atoms with E-state index in [4.69, 9.17) is 16.7 Å². The average Bonchev–Trinajstić information content (AvgIpc) is 3.01. The maximum atomic E-state index is 5.82. The number of nitrogens with zero attached hydrogens (tertiary/aromatic N) is 3. The summed E-state index contributed by atoms with van der Waals surface area (Å²) in [6.07, 6.45) is 1.09. The Morgan fingerprint density at radius 1 is 0.969 bits per heavy atom. The summed E-state index contributed by atoms with van der Waals surface area (Å²) in [6.45, 7) is 9.62. The molecule has 168 valence electrons.